The van der Waals surface area contributed by atoms with E-state index in [9.17, 15) is 0 Å². The summed E-state index contributed by atoms with van der Waals surface area (Å²) in [5.74, 6) is 0. The molecule has 4 heteroatoms. The SMILES string of the molecule is CCC(CCOC)(c1ccc(Cl)nc1)N(C)C. The van der Waals surface area contributed by atoms with Gasteiger partial charge in [-0.15, -0.1) is 0 Å². The molecule has 0 saturated heterocycles. The topological polar surface area (TPSA) is 25.4 Å². The number of nitrogens with zero attached hydrogens (tertiary/aromatic N) is 2. The van der Waals surface area contributed by atoms with E-state index in [1.807, 2.05) is 12.3 Å². The lowest BCUT2D eigenvalue weighted by Crippen LogP contribution is -2.42. The Hall–Kier alpha value is -0.640. The Morgan fingerprint density at radius 3 is 2.53 bits per heavy atom. The Bertz CT molecular complexity index is 340. The Labute approximate surface area is 109 Å². The van der Waals surface area contributed by atoms with Crippen LogP contribution in [-0.2, 0) is 10.3 Å². The predicted octanol–water partition coefficient (Wildman–Crippen LogP) is 2.94. The van der Waals surface area contributed by atoms with Crippen LogP contribution in [0.25, 0.3) is 0 Å². The lowest BCUT2D eigenvalue weighted by molar-refractivity contribution is 0.0830. The van der Waals surface area contributed by atoms with Crippen molar-refractivity contribution in [3.63, 3.8) is 0 Å². The van der Waals surface area contributed by atoms with Gasteiger partial charge < -0.3 is 4.74 Å². The second kappa shape index (κ2) is 6.34. The van der Waals surface area contributed by atoms with Gasteiger partial charge in [0.05, 0.1) is 0 Å². The molecule has 0 bridgehead atoms. The molecule has 0 aliphatic carbocycles. The number of halogens is 1. The quantitative estimate of drug-likeness (QED) is 0.732. The first-order chi connectivity index (χ1) is 8.06. The molecule has 1 unspecified atom stereocenters. The fourth-order valence-electron chi connectivity index (χ4n) is 2.25. The first-order valence-electron chi connectivity index (χ1n) is 5.85. The van der Waals surface area contributed by atoms with Crippen LogP contribution in [-0.4, -0.2) is 37.7 Å². The zero-order chi connectivity index (χ0) is 12.9. The van der Waals surface area contributed by atoms with Gasteiger partial charge in [-0.2, -0.15) is 0 Å². The molecule has 0 radical (unpaired) electrons. The van der Waals surface area contributed by atoms with Crippen LogP contribution in [0.3, 0.4) is 0 Å². The molecule has 0 spiro atoms. The number of hydrogen-bond acceptors (Lipinski definition) is 3. The summed E-state index contributed by atoms with van der Waals surface area (Å²) >= 11 is 5.84. The van der Waals surface area contributed by atoms with E-state index in [4.69, 9.17) is 16.3 Å². The van der Waals surface area contributed by atoms with Crippen molar-refractivity contribution in [2.75, 3.05) is 27.8 Å². The number of rotatable bonds is 6. The fourth-order valence-corrected chi connectivity index (χ4v) is 2.36. The van der Waals surface area contributed by atoms with Gasteiger partial charge in [-0.1, -0.05) is 24.6 Å². The van der Waals surface area contributed by atoms with Gasteiger partial charge in [-0.05, 0) is 38.6 Å². The highest BCUT2D eigenvalue weighted by Crippen LogP contribution is 2.33. The largest absolute Gasteiger partial charge is 0.385 e. The molecular weight excluding hydrogens is 236 g/mol. The summed E-state index contributed by atoms with van der Waals surface area (Å²) in [6, 6.07) is 3.89. The third kappa shape index (κ3) is 3.18. The van der Waals surface area contributed by atoms with Gasteiger partial charge >= 0.3 is 0 Å². The Morgan fingerprint density at radius 1 is 1.41 bits per heavy atom. The molecule has 1 rings (SSSR count). The summed E-state index contributed by atoms with van der Waals surface area (Å²) < 4.78 is 5.22. The number of hydrogen-bond donors (Lipinski definition) is 0. The van der Waals surface area contributed by atoms with Gasteiger partial charge in [0.15, 0.2) is 0 Å². The Kier molecular flexibility index (Phi) is 5.37. The van der Waals surface area contributed by atoms with Crippen LogP contribution in [0.1, 0.15) is 25.3 Å². The summed E-state index contributed by atoms with van der Waals surface area (Å²) in [6.45, 7) is 2.92. The van der Waals surface area contributed by atoms with E-state index in [1.165, 1.54) is 5.56 Å². The minimum Gasteiger partial charge on any atom is -0.385 e. The molecule has 0 fully saturated rings. The van der Waals surface area contributed by atoms with Crippen LogP contribution in [0, 0.1) is 0 Å². The van der Waals surface area contributed by atoms with Gasteiger partial charge in [0, 0.05) is 25.5 Å². The Morgan fingerprint density at radius 2 is 2.12 bits per heavy atom. The summed E-state index contributed by atoms with van der Waals surface area (Å²) in [7, 11) is 5.91. The normalized spacial score (nSPS) is 14.9. The van der Waals surface area contributed by atoms with Crippen molar-refractivity contribution < 1.29 is 4.74 Å². The molecular formula is C13H21ClN2O. The van der Waals surface area contributed by atoms with Crippen LogP contribution >= 0.6 is 11.6 Å². The number of pyridine rings is 1. The van der Waals surface area contributed by atoms with Crippen molar-refractivity contribution >= 4 is 11.6 Å². The monoisotopic (exact) mass is 256 g/mol. The van der Waals surface area contributed by atoms with Crippen LogP contribution in [0.5, 0.6) is 0 Å². The van der Waals surface area contributed by atoms with E-state index in [1.54, 1.807) is 7.11 Å². The molecule has 0 aliphatic heterocycles. The molecule has 1 aromatic rings. The van der Waals surface area contributed by atoms with Gasteiger partial charge in [0.1, 0.15) is 5.15 Å². The summed E-state index contributed by atoms with van der Waals surface area (Å²) in [5.41, 5.74) is 1.15. The highest BCUT2D eigenvalue weighted by Gasteiger charge is 2.32. The van der Waals surface area contributed by atoms with Crippen molar-refractivity contribution in [2.24, 2.45) is 0 Å². The molecule has 0 aliphatic rings. The average Bonchev–Trinajstić information content (AvgIpc) is 2.32. The molecule has 1 aromatic heterocycles. The van der Waals surface area contributed by atoms with Crippen molar-refractivity contribution in [3.05, 3.63) is 29.0 Å². The standard InChI is InChI=1S/C13H21ClN2O/c1-5-13(16(2)3,8-9-17-4)11-6-7-12(14)15-10-11/h6-7,10H,5,8-9H2,1-4H3. The van der Waals surface area contributed by atoms with Gasteiger partial charge in [0.2, 0.25) is 0 Å². The lowest BCUT2D eigenvalue weighted by Gasteiger charge is -2.39. The zero-order valence-electron chi connectivity index (χ0n) is 11.0. The molecule has 1 atom stereocenters. The summed E-state index contributed by atoms with van der Waals surface area (Å²) in [6.07, 6.45) is 3.81. The fraction of sp³-hybridized carbons (Fsp3) is 0.615. The van der Waals surface area contributed by atoms with Crippen molar-refractivity contribution in [3.8, 4) is 0 Å². The molecule has 96 valence electrons. The molecule has 0 aromatic carbocycles. The highest BCUT2D eigenvalue weighted by atomic mass is 35.5. The van der Waals surface area contributed by atoms with E-state index >= 15 is 0 Å². The molecule has 3 nitrogen and oxygen atoms in total. The third-order valence-electron chi connectivity index (χ3n) is 3.43. The molecule has 17 heavy (non-hydrogen) atoms. The zero-order valence-corrected chi connectivity index (χ0v) is 11.8. The molecule has 0 N–H and O–H groups in total. The van der Waals surface area contributed by atoms with Gasteiger partial charge in [-0.25, -0.2) is 4.98 Å². The van der Waals surface area contributed by atoms with Crippen LogP contribution in [0.2, 0.25) is 5.15 Å². The minimum atomic E-state index is -0.0341. The van der Waals surface area contributed by atoms with E-state index in [2.05, 4.69) is 37.0 Å². The Balaban J connectivity index is 3.07. The van der Waals surface area contributed by atoms with Gasteiger partial charge in [-0.3, -0.25) is 4.90 Å². The van der Waals surface area contributed by atoms with E-state index < -0.39 is 0 Å². The van der Waals surface area contributed by atoms with Crippen molar-refractivity contribution in [1.29, 1.82) is 0 Å². The van der Waals surface area contributed by atoms with E-state index in [0.717, 1.165) is 19.4 Å². The number of aromatic nitrogens is 1. The lowest BCUT2D eigenvalue weighted by atomic mass is 9.84. The smallest absolute Gasteiger partial charge is 0.129 e. The van der Waals surface area contributed by atoms with Crippen LogP contribution in [0.15, 0.2) is 18.3 Å². The van der Waals surface area contributed by atoms with Crippen molar-refractivity contribution in [2.45, 2.75) is 25.3 Å². The third-order valence-corrected chi connectivity index (χ3v) is 3.65. The predicted molar refractivity (Wildman–Crippen MR) is 71.4 cm³/mol. The summed E-state index contributed by atoms with van der Waals surface area (Å²) in [5, 5.41) is 0.532. The first kappa shape index (κ1) is 14.4. The number of methoxy groups -OCH3 is 1. The van der Waals surface area contributed by atoms with E-state index in [0.29, 0.717) is 5.15 Å². The second-order valence-electron chi connectivity index (χ2n) is 4.39. The number of ether oxygens (including phenoxy) is 1. The van der Waals surface area contributed by atoms with Crippen molar-refractivity contribution in [1.82, 2.24) is 9.88 Å². The molecule has 1 heterocycles. The average molecular weight is 257 g/mol. The highest BCUT2D eigenvalue weighted by molar-refractivity contribution is 6.29. The second-order valence-corrected chi connectivity index (χ2v) is 4.78. The van der Waals surface area contributed by atoms with E-state index in [-0.39, 0.29) is 5.54 Å². The molecule has 0 amide bonds. The van der Waals surface area contributed by atoms with Crippen LogP contribution < -0.4 is 0 Å². The first-order valence-corrected chi connectivity index (χ1v) is 6.23. The molecule has 0 saturated carbocycles. The van der Waals surface area contributed by atoms with Crippen LogP contribution in [0.4, 0.5) is 0 Å². The maximum absolute atomic E-state index is 5.84. The van der Waals surface area contributed by atoms with Gasteiger partial charge in [0.25, 0.3) is 0 Å². The minimum absolute atomic E-state index is 0.0341. The summed E-state index contributed by atoms with van der Waals surface area (Å²) in [4.78, 5) is 6.41. The maximum atomic E-state index is 5.84. The maximum Gasteiger partial charge on any atom is 0.129 e.